The molecule has 0 fully saturated rings. The molecule has 18 heavy (non-hydrogen) atoms. The summed E-state index contributed by atoms with van der Waals surface area (Å²) in [6.07, 6.45) is 0. The van der Waals surface area contributed by atoms with Gasteiger partial charge in [0.1, 0.15) is 24.0 Å². The number of carbonyl (C=O) groups excluding carboxylic acids is 1. The van der Waals surface area contributed by atoms with Crippen molar-refractivity contribution < 1.29 is 19.0 Å². The average molecular weight is 250 g/mol. The zero-order chi connectivity index (χ0) is 13.5. The minimum Gasteiger partial charge on any atom is -0.489 e. The second-order valence-electron chi connectivity index (χ2n) is 3.34. The Balaban J connectivity index is 3.10. The highest BCUT2D eigenvalue weighted by Gasteiger charge is 2.19. The zero-order valence-electron chi connectivity index (χ0n) is 10.2. The van der Waals surface area contributed by atoms with Crippen molar-refractivity contribution in [2.45, 2.75) is 0 Å². The molecular formula is C12H14N2O4. The second kappa shape index (κ2) is 6.47. The van der Waals surface area contributed by atoms with Crippen molar-refractivity contribution in [1.82, 2.24) is 0 Å². The Kier molecular flexibility index (Phi) is 4.96. The van der Waals surface area contributed by atoms with Crippen molar-refractivity contribution in [3.05, 3.63) is 23.3 Å². The molecule has 0 heterocycles. The molecule has 0 aliphatic rings. The summed E-state index contributed by atoms with van der Waals surface area (Å²) in [5.74, 6) is -0.340. The molecule has 96 valence electrons. The van der Waals surface area contributed by atoms with Crippen molar-refractivity contribution in [2.75, 3.05) is 33.2 Å². The molecule has 0 aromatic heterocycles. The normalized spacial score (nSPS) is 9.61. The van der Waals surface area contributed by atoms with Gasteiger partial charge in [0.15, 0.2) is 0 Å². The largest absolute Gasteiger partial charge is 0.489 e. The first-order chi connectivity index (χ1) is 8.65. The van der Waals surface area contributed by atoms with E-state index < -0.39 is 5.97 Å². The number of methoxy groups -OCH3 is 2. The first kappa shape index (κ1) is 13.8. The fraction of sp³-hybridized carbons (Fsp3) is 0.333. The van der Waals surface area contributed by atoms with E-state index in [-0.39, 0.29) is 16.8 Å². The summed E-state index contributed by atoms with van der Waals surface area (Å²) in [4.78, 5) is 11.6. The van der Waals surface area contributed by atoms with E-state index in [0.29, 0.717) is 19.0 Å². The number of anilines is 1. The Morgan fingerprint density at radius 3 is 2.67 bits per heavy atom. The summed E-state index contributed by atoms with van der Waals surface area (Å²) in [6.45, 7) is 0.695. The molecule has 0 saturated carbocycles. The maximum Gasteiger partial charge on any atom is 0.341 e. The third-order valence-corrected chi connectivity index (χ3v) is 2.26. The van der Waals surface area contributed by atoms with Crippen LogP contribution < -0.4 is 10.5 Å². The first-order valence-corrected chi connectivity index (χ1v) is 5.18. The third-order valence-electron chi connectivity index (χ3n) is 2.26. The topological polar surface area (TPSA) is 94.6 Å². The summed E-state index contributed by atoms with van der Waals surface area (Å²) in [5.41, 5.74) is 6.07. The van der Waals surface area contributed by atoms with Gasteiger partial charge in [-0.15, -0.1) is 0 Å². The smallest absolute Gasteiger partial charge is 0.341 e. The fourth-order valence-corrected chi connectivity index (χ4v) is 1.38. The number of nitrogen functional groups attached to an aromatic ring is 1. The zero-order valence-corrected chi connectivity index (χ0v) is 10.2. The standard InChI is InChI=1S/C12H14N2O4/c1-16-5-6-18-9-4-3-8(7-13)10(11(9)14)12(15)17-2/h3-4H,5-6,14H2,1-2H3. The molecule has 2 N–H and O–H groups in total. The summed E-state index contributed by atoms with van der Waals surface area (Å²) in [7, 11) is 2.77. The number of hydrogen-bond acceptors (Lipinski definition) is 6. The highest BCUT2D eigenvalue weighted by atomic mass is 16.5. The van der Waals surface area contributed by atoms with Crippen LogP contribution in [0, 0.1) is 11.3 Å². The van der Waals surface area contributed by atoms with Crippen LogP contribution >= 0.6 is 0 Å². The Morgan fingerprint density at radius 1 is 1.39 bits per heavy atom. The summed E-state index contributed by atoms with van der Waals surface area (Å²) in [5, 5.41) is 8.92. The first-order valence-electron chi connectivity index (χ1n) is 5.18. The molecule has 0 atom stereocenters. The molecule has 0 amide bonds. The second-order valence-corrected chi connectivity index (χ2v) is 3.34. The van der Waals surface area contributed by atoms with E-state index in [4.69, 9.17) is 20.5 Å². The number of benzene rings is 1. The lowest BCUT2D eigenvalue weighted by atomic mass is 10.1. The highest BCUT2D eigenvalue weighted by Crippen LogP contribution is 2.28. The molecule has 6 nitrogen and oxygen atoms in total. The molecule has 0 unspecified atom stereocenters. The van der Waals surface area contributed by atoms with Gasteiger partial charge in [-0.2, -0.15) is 5.26 Å². The van der Waals surface area contributed by atoms with E-state index in [0.717, 1.165) is 0 Å². The molecular weight excluding hydrogens is 236 g/mol. The maximum atomic E-state index is 11.6. The van der Waals surface area contributed by atoms with Gasteiger partial charge in [-0.3, -0.25) is 0 Å². The van der Waals surface area contributed by atoms with Gasteiger partial charge >= 0.3 is 5.97 Å². The van der Waals surface area contributed by atoms with Gasteiger partial charge in [0.2, 0.25) is 0 Å². The monoisotopic (exact) mass is 250 g/mol. The molecule has 0 aliphatic heterocycles. The Morgan fingerprint density at radius 2 is 2.11 bits per heavy atom. The van der Waals surface area contributed by atoms with Crippen LogP contribution in [0.3, 0.4) is 0 Å². The van der Waals surface area contributed by atoms with Crippen LogP contribution in [0.1, 0.15) is 15.9 Å². The van der Waals surface area contributed by atoms with Crippen LogP contribution in [-0.2, 0) is 9.47 Å². The lowest BCUT2D eigenvalue weighted by Gasteiger charge is -2.12. The van der Waals surface area contributed by atoms with E-state index in [1.807, 2.05) is 6.07 Å². The Bertz CT molecular complexity index is 480. The predicted octanol–water partition coefficient (Wildman–Crippen LogP) is 0.952. The molecule has 6 heteroatoms. The van der Waals surface area contributed by atoms with Crippen molar-refractivity contribution in [1.29, 1.82) is 5.26 Å². The SMILES string of the molecule is COCCOc1ccc(C#N)c(C(=O)OC)c1N. The van der Waals surface area contributed by atoms with Gasteiger partial charge in [0.05, 0.1) is 25.0 Å². The molecule has 0 spiro atoms. The van der Waals surface area contributed by atoms with Crippen molar-refractivity contribution in [3.8, 4) is 11.8 Å². The molecule has 1 aromatic rings. The molecule has 1 rings (SSSR count). The van der Waals surface area contributed by atoms with Gasteiger partial charge in [-0.05, 0) is 12.1 Å². The fourth-order valence-electron chi connectivity index (χ4n) is 1.38. The number of rotatable bonds is 5. The summed E-state index contributed by atoms with van der Waals surface area (Å²) >= 11 is 0. The number of nitrogens with two attached hydrogens (primary N) is 1. The van der Waals surface area contributed by atoms with Crippen molar-refractivity contribution in [2.24, 2.45) is 0 Å². The van der Waals surface area contributed by atoms with Crippen molar-refractivity contribution >= 4 is 11.7 Å². The summed E-state index contributed by atoms with van der Waals surface area (Å²) in [6, 6.07) is 4.89. The van der Waals surface area contributed by atoms with E-state index in [1.54, 1.807) is 7.11 Å². The molecule has 0 bridgehead atoms. The number of hydrogen-bond donors (Lipinski definition) is 1. The Hall–Kier alpha value is -2.26. The quantitative estimate of drug-likeness (QED) is 0.475. The number of ether oxygens (including phenoxy) is 3. The van der Waals surface area contributed by atoms with Crippen molar-refractivity contribution in [3.63, 3.8) is 0 Å². The van der Waals surface area contributed by atoms with Crippen LogP contribution in [0.4, 0.5) is 5.69 Å². The highest BCUT2D eigenvalue weighted by molar-refractivity contribution is 5.99. The maximum absolute atomic E-state index is 11.6. The van der Waals surface area contributed by atoms with Gasteiger partial charge in [0, 0.05) is 7.11 Å². The lowest BCUT2D eigenvalue weighted by Crippen LogP contribution is -2.12. The number of nitrogens with zero attached hydrogens (tertiary/aromatic N) is 1. The van der Waals surface area contributed by atoms with Gasteiger partial charge in [0.25, 0.3) is 0 Å². The molecule has 0 saturated heterocycles. The minimum atomic E-state index is -0.666. The summed E-state index contributed by atoms with van der Waals surface area (Å²) < 4.78 is 14.8. The third kappa shape index (κ3) is 2.90. The minimum absolute atomic E-state index is 0.0231. The van der Waals surface area contributed by atoms with Crippen LogP contribution in [0.25, 0.3) is 0 Å². The van der Waals surface area contributed by atoms with Crippen LogP contribution in [-0.4, -0.2) is 33.4 Å². The number of carbonyl (C=O) groups is 1. The van der Waals surface area contributed by atoms with Crippen LogP contribution in [0.5, 0.6) is 5.75 Å². The average Bonchev–Trinajstić information content (AvgIpc) is 2.39. The molecule has 1 aromatic carbocycles. The van der Waals surface area contributed by atoms with Gasteiger partial charge < -0.3 is 19.9 Å². The van der Waals surface area contributed by atoms with E-state index in [2.05, 4.69) is 4.74 Å². The molecule has 0 radical (unpaired) electrons. The van der Waals surface area contributed by atoms with Gasteiger partial charge in [-0.1, -0.05) is 0 Å². The number of esters is 1. The predicted molar refractivity (Wildman–Crippen MR) is 64.3 cm³/mol. The lowest BCUT2D eigenvalue weighted by molar-refractivity contribution is 0.0601. The van der Waals surface area contributed by atoms with Crippen LogP contribution in [0.2, 0.25) is 0 Å². The van der Waals surface area contributed by atoms with E-state index in [1.165, 1.54) is 19.2 Å². The van der Waals surface area contributed by atoms with E-state index in [9.17, 15) is 4.79 Å². The molecule has 0 aliphatic carbocycles. The Labute approximate surface area is 105 Å². The number of nitriles is 1. The van der Waals surface area contributed by atoms with Gasteiger partial charge in [-0.25, -0.2) is 4.79 Å². The van der Waals surface area contributed by atoms with Crippen LogP contribution in [0.15, 0.2) is 12.1 Å². The van der Waals surface area contributed by atoms with E-state index >= 15 is 0 Å².